The highest BCUT2D eigenvalue weighted by molar-refractivity contribution is 6.05. The summed E-state index contributed by atoms with van der Waals surface area (Å²) < 4.78 is 37.2. The van der Waals surface area contributed by atoms with Gasteiger partial charge in [0.15, 0.2) is 23.1 Å². The van der Waals surface area contributed by atoms with Crippen molar-refractivity contribution in [1.29, 1.82) is 0 Å². The van der Waals surface area contributed by atoms with Crippen LogP contribution in [0.5, 0.6) is 11.5 Å². The minimum Gasteiger partial charge on any atom is -0.454 e. The summed E-state index contributed by atoms with van der Waals surface area (Å²) in [6, 6.07) is 9.13. The third-order valence-electron chi connectivity index (χ3n) is 5.73. The van der Waals surface area contributed by atoms with Gasteiger partial charge in [0.1, 0.15) is 0 Å². The van der Waals surface area contributed by atoms with Crippen LogP contribution < -0.4 is 9.47 Å². The van der Waals surface area contributed by atoms with Crippen molar-refractivity contribution in [2.75, 3.05) is 19.9 Å². The van der Waals surface area contributed by atoms with Crippen molar-refractivity contribution in [3.8, 4) is 11.5 Å². The zero-order valence-corrected chi connectivity index (χ0v) is 15.4. The predicted octanol–water partition coefficient (Wildman–Crippen LogP) is 2.31. The predicted molar refractivity (Wildman–Crippen MR) is 96.7 cm³/mol. The normalized spacial score (nSPS) is 23.2. The van der Waals surface area contributed by atoms with E-state index in [2.05, 4.69) is 0 Å². The van der Waals surface area contributed by atoms with Crippen LogP contribution in [0.25, 0.3) is 0 Å². The molecule has 2 atom stereocenters. The standard InChI is InChI=1S/C21H18F2N2O4/c22-16-3-1-12(5-17(16)23)7-24-9-14-15(10-24)21(27)25(20(14)26)8-13-2-4-18-19(6-13)29-11-28-18/h1-6,14-15H,7-11H2/t14-,15+. The van der Waals surface area contributed by atoms with Crippen LogP contribution in [0.2, 0.25) is 0 Å². The van der Waals surface area contributed by atoms with E-state index in [9.17, 15) is 18.4 Å². The lowest BCUT2D eigenvalue weighted by Gasteiger charge is -2.21. The highest BCUT2D eigenvalue weighted by Gasteiger charge is 2.52. The van der Waals surface area contributed by atoms with Crippen molar-refractivity contribution in [1.82, 2.24) is 9.80 Å². The number of likely N-dealkylation sites (tertiary alicyclic amines) is 2. The molecule has 6 nitrogen and oxygen atoms in total. The van der Waals surface area contributed by atoms with Crippen LogP contribution in [-0.4, -0.2) is 41.5 Å². The fourth-order valence-electron chi connectivity index (χ4n) is 4.30. The molecule has 0 spiro atoms. The van der Waals surface area contributed by atoms with Gasteiger partial charge in [0.25, 0.3) is 0 Å². The number of nitrogens with zero attached hydrogens (tertiary/aromatic N) is 2. The lowest BCUT2D eigenvalue weighted by Crippen LogP contribution is -2.35. The van der Waals surface area contributed by atoms with Crippen LogP contribution >= 0.6 is 0 Å². The number of amides is 2. The number of imide groups is 1. The Morgan fingerprint density at radius 1 is 0.828 bits per heavy atom. The Hall–Kier alpha value is -3.00. The minimum absolute atomic E-state index is 0.165. The van der Waals surface area contributed by atoms with E-state index in [1.165, 1.54) is 11.0 Å². The van der Waals surface area contributed by atoms with Crippen LogP contribution in [0, 0.1) is 23.5 Å². The van der Waals surface area contributed by atoms with Crippen LogP contribution in [0.1, 0.15) is 11.1 Å². The molecule has 8 heteroatoms. The van der Waals surface area contributed by atoms with Gasteiger partial charge in [-0.1, -0.05) is 12.1 Å². The maximum absolute atomic E-state index is 13.4. The number of benzene rings is 2. The first-order valence-electron chi connectivity index (χ1n) is 9.39. The molecule has 0 N–H and O–H groups in total. The second-order valence-electron chi connectivity index (χ2n) is 7.61. The zero-order valence-electron chi connectivity index (χ0n) is 15.4. The van der Waals surface area contributed by atoms with Crippen LogP contribution in [0.4, 0.5) is 8.78 Å². The van der Waals surface area contributed by atoms with Gasteiger partial charge in [-0.05, 0) is 35.4 Å². The van der Waals surface area contributed by atoms with Crippen molar-refractivity contribution in [2.24, 2.45) is 11.8 Å². The summed E-state index contributed by atoms with van der Waals surface area (Å²) in [5.74, 6) is -1.71. The quantitative estimate of drug-likeness (QED) is 0.738. The second-order valence-corrected chi connectivity index (χ2v) is 7.61. The van der Waals surface area contributed by atoms with E-state index in [1.54, 1.807) is 12.1 Å². The molecule has 2 fully saturated rings. The molecular formula is C21H18F2N2O4. The molecule has 2 amide bonds. The Morgan fingerprint density at radius 3 is 2.21 bits per heavy atom. The Morgan fingerprint density at radius 2 is 1.48 bits per heavy atom. The SMILES string of the molecule is O=C1[C@H]2CN(Cc3ccc(F)c(F)c3)C[C@H]2C(=O)N1Cc1ccc2c(c1)OCO2. The van der Waals surface area contributed by atoms with E-state index in [1.807, 2.05) is 11.0 Å². The number of hydrogen-bond donors (Lipinski definition) is 0. The average molecular weight is 400 g/mol. The lowest BCUT2D eigenvalue weighted by molar-refractivity contribution is -0.141. The van der Waals surface area contributed by atoms with Gasteiger partial charge in [-0.2, -0.15) is 0 Å². The van der Waals surface area contributed by atoms with E-state index < -0.39 is 23.5 Å². The van der Waals surface area contributed by atoms with Gasteiger partial charge in [0, 0.05) is 19.6 Å². The van der Waals surface area contributed by atoms with Gasteiger partial charge < -0.3 is 9.47 Å². The number of carbonyl (C=O) groups excluding carboxylic acids is 2. The van der Waals surface area contributed by atoms with Crippen molar-refractivity contribution in [3.05, 3.63) is 59.2 Å². The first-order valence-corrected chi connectivity index (χ1v) is 9.39. The molecule has 3 aliphatic rings. The van der Waals surface area contributed by atoms with Crippen molar-refractivity contribution in [3.63, 3.8) is 0 Å². The number of halogens is 2. The van der Waals surface area contributed by atoms with Gasteiger partial charge in [-0.3, -0.25) is 19.4 Å². The molecule has 0 saturated carbocycles. The van der Waals surface area contributed by atoms with Crippen LogP contribution in [0.15, 0.2) is 36.4 Å². The summed E-state index contributed by atoms with van der Waals surface area (Å²) in [6.07, 6.45) is 0. The van der Waals surface area contributed by atoms with Crippen molar-refractivity contribution < 1.29 is 27.8 Å². The van der Waals surface area contributed by atoms with Gasteiger partial charge >= 0.3 is 0 Å². The fourth-order valence-corrected chi connectivity index (χ4v) is 4.30. The molecule has 3 aliphatic heterocycles. The molecule has 150 valence electrons. The molecule has 0 unspecified atom stereocenters. The summed E-state index contributed by atoms with van der Waals surface area (Å²) in [5.41, 5.74) is 1.41. The lowest BCUT2D eigenvalue weighted by atomic mass is 10.00. The number of carbonyl (C=O) groups is 2. The second kappa shape index (κ2) is 6.81. The number of rotatable bonds is 4. The van der Waals surface area contributed by atoms with E-state index in [0.29, 0.717) is 36.7 Å². The molecule has 2 saturated heterocycles. The molecule has 29 heavy (non-hydrogen) atoms. The molecule has 0 bridgehead atoms. The van der Waals surface area contributed by atoms with Gasteiger partial charge in [0.05, 0.1) is 18.4 Å². The number of ether oxygens (including phenoxy) is 2. The topological polar surface area (TPSA) is 59.1 Å². The van der Waals surface area contributed by atoms with E-state index in [0.717, 1.165) is 17.7 Å². The molecule has 0 radical (unpaired) electrons. The van der Waals surface area contributed by atoms with Crippen LogP contribution in [-0.2, 0) is 22.7 Å². The Balaban J connectivity index is 1.26. The third-order valence-corrected chi connectivity index (χ3v) is 5.73. The Bertz CT molecular complexity index is 988. The summed E-state index contributed by atoms with van der Waals surface area (Å²) in [7, 11) is 0. The summed E-state index contributed by atoms with van der Waals surface area (Å²) in [5, 5.41) is 0. The van der Waals surface area contributed by atoms with Crippen molar-refractivity contribution >= 4 is 11.8 Å². The van der Waals surface area contributed by atoms with E-state index in [-0.39, 0.29) is 25.2 Å². The maximum atomic E-state index is 13.4. The first kappa shape index (κ1) is 18.1. The van der Waals surface area contributed by atoms with Gasteiger partial charge in [-0.25, -0.2) is 8.78 Å². The molecule has 0 aliphatic carbocycles. The third kappa shape index (κ3) is 3.13. The first-order chi connectivity index (χ1) is 14.0. The number of hydrogen-bond acceptors (Lipinski definition) is 5. The number of fused-ring (bicyclic) bond motifs is 2. The summed E-state index contributed by atoms with van der Waals surface area (Å²) >= 11 is 0. The molecule has 5 rings (SSSR count). The van der Waals surface area contributed by atoms with E-state index in [4.69, 9.17) is 9.47 Å². The molecule has 2 aromatic carbocycles. The highest BCUT2D eigenvalue weighted by atomic mass is 19.2. The maximum Gasteiger partial charge on any atom is 0.234 e. The largest absolute Gasteiger partial charge is 0.454 e. The fraction of sp³-hybridized carbons (Fsp3) is 0.333. The molecular weight excluding hydrogens is 382 g/mol. The molecule has 3 heterocycles. The highest BCUT2D eigenvalue weighted by Crippen LogP contribution is 2.37. The smallest absolute Gasteiger partial charge is 0.234 e. The van der Waals surface area contributed by atoms with Crippen molar-refractivity contribution in [2.45, 2.75) is 13.1 Å². The van der Waals surface area contributed by atoms with Crippen LogP contribution in [0.3, 0.4) is 0 Å². The zero-order chi connectivity index (χ0) is 20.1. The minimum atomic E-state index is -0.899. The summed E-state index contributed by atoms with van der Waals surface area (Å²) in [6.45, 7) is 1.58. The monoisotopic (exact) mass is 400 g/mol. The Kier molecular flexibility index (Phi) is 4.24. The summed E-state index contributed by atoms with van der Waals surface area (Å²) in [4.78, 5) is 28.9. The molecule has 2 aromatic rings. The van der Waals surface area contributed by atoms with E-state index >= 15 is 0 Å². The average Bonchev–Trinajstić information content (AvgIpc) is 3.38. The van der Waals surface area contributed by atoms with Gasteiger partial charge in [0.2, 0.25) is 18.6 Å². The molecule has 0 aromatic heterocycles. The van der Waals surface area contributed by atoms with Gasteiger partial charge in [-0.15, -0.1) is 0 Å². The Labute approximate surface area is 165 Å².